The van der Waals surface area contributed by atoms with Crippen LogP contribution in [0.1, 0.15) is 34.2 Å². The summed E-state index contributed by atoms with van der Waals surface area (Å²) in [5.41, 5.74) is 6.55. The molecule has 0 saturated carbocycles. The maximum absolute atomic E-state index is 12.3. The zero-order valence-corrected chi connectivity index (χ0v) is 11.8. The molecule has 2 heterocycles. The van der Waals surface area contributed by atoms with E-state index in [9.17, 15) is 9.59 Å². The Balaban J connectivity index is 2.09. The fourth-order valence-corrected chi connectivity index (χ4v) is 2.33. The minimum Gasteiger partial charge on any atom is -0.354 e. The molecule has 0 spiro atoms. The number of rotatable bonds is 3. The molecule has 1 aliphatic rings. The number of nitrogens with zero attached hydrogens (tertiary/aromatic N) is 2. The zero-order valence-electron chi connectivity index (χ0n) is 11.8. The van der Waals surface area contributed by atoms with E-state index in [1.165, 1.54) is 6.20 Å². The quantitative estimate of drug-likeness (QED) is 0.828. The van der Waals surface area contributed by atoms with E-state index in [0.29, 0.717) is 30.9 Å². The van der Waals surface area contributed by atoms with Gasteiger partial charge in [-0.2, -0.15) is 0 Å². The van der Waals surface area contributed by atoms with Gasteiger partial charge in [-0.15, -0.1) is 0 Å². The third kappa shape index (κ3) is 2.80. The van der Waals surface area contributed by atoms with E-state index in [-0.39, 0.29) is 17.2 Å². The molecule has 1 aromatic heterocycles. The smallest absolute Gasteiger partial charge is 0.269 e. The van der Waals surface area contributed by atoms with Crippen molar-refractivity contribution >= 4 is 11.8 Å². The Labute approximate surface area is 118 Å². The van der Waals surface area contributed by atoms with Crippen LogP contribution in [0.15, 0.2) is 18.3 Å². The first-order chi connectivity index (χ1) is 9.49. The molecule has 6 heteroatoms. The fourth-order valence-electron chi connectivity index (χ4n) is 2.33. The first kappa shape index (κ1) is 14.5. The van der Waals surface area contributed by atoms with Crippen molar-refractivity contribution < 1.29 is 9.59 Å². The van der Waals surface area contributed by atoms with Gasteiger partial charge in [0.2, 0.25) is 0 Å². The topological polar surface area (TPSA) is 88.3 Å². The highest BCUT2D eigenvalue weighted by atomic mass is 16.2. The van der Waals surface area contributed by atoms with E-state index < -0.39 is 0 Å². The molecule has 1 aromatic rings. The summed E-state index contributed by atoms with van der Waals surface area (Å²) in [5, 5.41) is 2.49. The van der Waals surface area contributed by atoms with Gasteiger partial charge in [0.05, 0.1) is 5.56 Å². The van der Waals surface area contributed by atoms with Crippen LogP contribution >= 0.6 is 0 Å². The number of carbonyl (C=O) groups is 2. The summed E-state index contributed by atoms with van der Waals surface area (Å²) >= 11 is 0. The molecule has 108 valence electrons. The fraction of sp³-hybridized carbons (Fsp3) is 0.500. The lowest BCUT2D eigenvalue weighted by atomic mass is 9.90. The molecule has 1 saturated heterocycles. The lowest BCUT2D eigenvalue weighted by molar-refractivity contribution is 0.0775. The van der Waals surface area contributed by atoms with Gasteiger partial charge in [-0.3, -0.25) is 14.6 Å². The van der Waals surface area contributed by atoms with Crippen LogP contribution in [0.3, 0.4) is 0 Å². The number of amides is 2. The summed E-state index contributed by atoms with van der Waals surface area (Å²) in [6, 6.07) is 3.20. The van der Waals surface area contributed by atoms with Gasteiger partial charge in [0.1, 0.15) is 5.69 Å². The molecular weight excluding hydrogens is 256 g/mol. The normalized spacial score (nSPS) is 21.9. The summed E-state index contributed by atoms with van der Waals surface area (Å²) in [6.07, 6.45) is 2.37. The predicted molar refractivity (Wildman–Crippen MR) is 75.3 cm³/mol. The average molecular weight is 276 g/mol. The highest BCUT2D eigenvalue weighted by molar-refractivity contribution is 5.96. The molecule has 1 atom stereocenters. The maximum Gasteiger partial charge on any atom is 0.269 e. The van der Waals surface area contributed by atoms with Crippen molar-refractivity contribution in [2.45, 2.75) is 13.3 Å². The molecule has 1 aliphatic heterocycles. The van der Waals surface area contributed by atoms with Crippen molar-refractivity contribution in [2.75, 3.05) is 26.7 Å². The number of aromatic nitrogens is 1. The van der Waals surface area contributed by atoms with Gasteiger partial charge in [-0.05, 0) is 30.5 Å². The Morgan fingerprint density at radius 2 is 2.25 bits per heavy atom. The first-order valence-corrected chi connectivity index (χ1v) is 6.66. The highest BCUT2D eigenvalue weighted by Gasteiger charge is 2.35. The van der Waals surface area contributed by atoms with Crippen molar-refractivity contribution in [3.63, 3.8) is 0 Å². The zero-order chi connectivity index (χ0) is 14.8. The van der Waals surface area contributed by atoms with E-state index in [1.807, 2.05) is 0 Å². The van der Waals surface area contributed by atoms with Crippen LogP contribution < -0.4 is 11.1 Å². The number of nitrogens with two attached hydrogens (primary N) is 1. The largest absolute Gasteiger partial charge is 0.354 e. The minimum atomic E-state index is -0.263. The van der Waals surface area contributed by atoms with Crippen molar-refractivity contribution in [1.82, 2.24) is 15.2 Å². The van der Waals surface area contributed by atoms with E-state index in [2.05, 4.69) is 17.2 Å². The van der Waals surface area contributed by atoms with Crippen LogP contribution in [0, 0.1) is 5.41 Å². The number of hydrogen-bond acceptors (Lipinski definition) is 4. The molecule has 1 fully saturated rings. The SMILES string of the molecule is CNC(=O)c1ccc(C(=O)N2CCC(C)(CN)C2)cn1. The lowest BCUT2D eigenvalue weighted by Gasteiger charge is -2.22. The second-order valence-electron chi connectivity index (χ2n) is 5.50. The van der Waals surface area contributed by atoms with E-state index in [1.54, 1.807) is 24.1 Å². The van der Waals surface area contributed by atoms with Crippen LogP contribution in [0.2, 0.25) is 0 Å². The molecule has 0 aromatic carbocycles. The third-order valence-electron chi connectivity index (χ3n) is 3.81. The molecule has 20 heavy (non-hydrogen) atoms. The van der Waals surface area contributed by atoms with Gasteiger partial charge in [0.15, 0.2) is 0 Å². The molecular formula is C14H20N4O2. The van der Waals surface area contributed by atoms with Crippen LogP contribution in [-0.4, -0.2) is 48.4 Å². The molecule has 0 bridgehead atoms. The number of likely N-dealkylation sites (tertiary alicyclic amines) is 1. The molecule has 3 N–H and O–H groups in total. The van der Waals surface area contributed by atoms with Crippen molar-refractivity contribution in [2.24, 2.45) is 11.1 Å². The average Bonchev–Trinajstić information content (AvgIpc) is 2.89. The summed E-state index contributed by atoms with van der Waals surface area (Å²) < 4.78 is 0. The Bertz CT molecular complexity index is 514. The van der Waals surface area contributed by atoms with Gasteiger partial charge in [0.25, 0.3) is 11.8 Å². The van der Waals surface area contributed by atoms with E-state index in [4.69, 9.17) is 5.73 Å². The summed E-state index contributed by atoms with van der Waals surface area (Å²) in [6.45, 7) is 4.04. The lowest BCUT2D eigenvalue weighted by Crippen LogP contribution is -2.34. The first-order valence-electron chi connectivity index (χ1n) is 6.66. The minimum absolute atomic E-state index is 0.00509. The van der Waals surface area contributed by atoms with Gasteiger partial charge in [-0.25, -0.2) is 0 Å². The highest BCUT2D eigenvalue weighted by Crippen LogP contribution is 2.29. The Morgan fingerprint density at radius 1 is 1.50 bits per heavy atom. The van der Waals surface area contributed by atoms with Crippen molar-refractivity contribution in [3.05, 3.63) is 29.6 Å². The number of pyridine rings is 1. The van der Waals surface area contributed by atoms with E-state index in [0.717, 1.165) is 6.42 Å². The molecule has 2 amide bonds. The van der Waals surface area contributed by atoms with Crippen molar-refractivity contribution in [1.29, 1.82) is 0 Å². The second kappa shape index (κ2) is 5.58. The molecule has 2 rings (SSSR count). The second-order valence-corrected chi connectivity index (χ2v) is 5.50. The van der Waals surface area contributed by atoms with E-state index >= 15 is 0 Å². The number of hydrogen-bond donors (Lipinski definition) is 2. The molecule has 1 unspecified atom stereocenters. The Hall–Kier alpha value is -1.95. The standard InChI is InChI=1S/C14H20N4O2/c1-14(8-15)5-6-18(9-14)13(20)10-3-4-11(17-7-10)12(19)16-2/h3-4,7H,5-6,8-9,15H2,1-2H3,(H,16,19). The van der Waals surface area contributed by atoms with Gasteiger partial charge in [-0.1, -0.05) is 6.92 Å². The summed E-state index contributed by atoms with van der Waals surface area (Å²) in [5.74, 6) is -0.320. The summed E-state index contributed by atoms with van der Waals surface area (Å²) in [4.78, 5) is 29.5. The van der Waals surface area contributed by atoms with Crippen LogP contribution in [0.4, 0.5) is 0 Å². The van der Waals surface area contributed by atoms with Crippen LogP contribution in [-0.2, 0) is 0 Å². The molecule has 0 radical (unpaired) electrons. The van der Waals surface area contributed by atoms with Crippen molar-refractivity contribution in [3.8, 4) is 0 Å². The maximum atomic E-state index is 12.3. The summed E-state index contributed by atoms with van der Waals surface area (Å²) in [7, 11) is 1.54. The number of carbonyl (C=O) groups excluding carboxylic acids is 2. The van der Waals surface area contributed by atoms with Gasteiger partial charge < -0.3 is 16.0 Å². The molecule has 0 aliphatic carbocycles. The Morgan fingerprint density at radius 3 is 2.75 bits per heavy atom. The van der Waals surface area contributed by atoms with Gasteiger partial charge >= 0.3 is 0 Å². The number of nitrogens with one attached hydrogen (secondary N) is 1. The van der Waals surface area contributed by atoms with Gasteiger partial charge in [0, 0.05) is 26.3 Å². The van der Waals surface area contributed by atoms with Crippen LogP contribution in [0.5, 0.6) is 0 Å². The third-order valence-corrected chi connectivity index (χ3v) is 3.81. The monoisotopic (exact) mass is 276 g/mol. The predicted octanol–water partition coefficient (Wildman–Crippen LogP) is 0.252. The molecule has 6 nitrogen and oxygen atoms in total. The Kier molecular flexibility index (Phi) is 4.04. The van der Waals surface area contributed by atoms with Crippen LogP contribution in [0.25, 0.3) is 0 Å².